The number of hydrogen-bond donors (Lipinski definition) is 2. The molecule has 2 heterocycles. The second kappa shape index (κ2) is 12.8. The van der Waals surface area contributed by atoms with E-state index in [2.05, 4.69) is 32.7 Å². The minimum absolute atomic E-state index is 0. The summed E-state index contributed by atoms with van der Waals surface area (Å²) in [6.07, 6.45) is -0.959. The van der Waals surface area contributed by atoms with Gasteiger partial charge in [0.25, 0.3) is 0 Å². The summed E-state index contributed by atoms with van der Waals surface area (Å²) >= 11 is 0. The lowest BCUT2D eigenvalue weighted by Gasteiger charge is -2.29. The molecule has 2 aliphatic heterocycles. The predicted molar refractivity (Wildman–Crippen MR) is 132 cm³/mol. The first-order valence-corrected chi connectivity index (χ1v) is 11.0. The number of methoxy groups -OCH3 is 1. The van der Waals surface area contributed by atoms with Crippen LogP contribution in [0, 0.1) is 5.92 Å². The molecule has 0 amide bonds. The molecule has 10 heteroatoms. The summed E-state index contributed by atoms with van der Waals surface area (Å²) in [4.78, 5) is 8.27. The number of nitrogens with one attached hydrogen (secondary N) is 2. The highest BCUT2D eigenvalue weighted by Crippen LogP contribution is 2.26. The van der Waals surface area contributed by atoms with Crippen LogP contribution in [0.3, 0.4) is 0 Å². The second-order valence-corrected chi connectivity index (χ2v) is 8.37. The topological polar surface area (TPSA) is 52.1 Å². The van der Waals surface area contributed by atoms with E-state index in [1.165, 1.54) is 23.3 Å². The summed E-state index contributed by atoms with van der Waals surface area (Å²) in [6, 6.07) is 8.40. The van der Waals surface area contributed by atoms with Crippen LogP contribution in [0.4, 0.5) is 13.2 Å². The molecule has 0 saturated carbocycles. The van der Waals surface area contributed by atoms with Crippen LogP contribution in [0.2, 0.25) is 0 Å². The monoisotopic (exact) mass is 569 g/mol. The van der Waals surface area contributed by atoms with Crippen LogP contribution in [-0.2, 0) is 0 Å². The first kappa shape index (κ1) is 27.0. The van der Waals surface area contributed by atoms with Gasteiger partial charge in [0.1, 0.15) is 5.75 Å². The molecule has 0 bridgehead atoms. The lowest BCUT2D eigenvalue weighted by atomic mass is 10.1. The lowest BCUT2D eigenvalue weighted by Crippen LogP contribution is -2.44. The van der Waals surface area contributed by atoms with Crippen LogP contribution in [0.25, 0.3) is 0 Å². The fraction of sp³-hybridized carbons (Fsp3) is 0.682. The Morgan fingerprint density at radius 2 is 1.84 bits per heavy atom. The van der Waals surface area contributed by atoms with Crippen LogP contribution in [0.5, 0.6) is 5.75 Å². The van der Waals surface area contributed by atoms with Crippen molar-refractivity contribution in [2.45, 2.75) is 31.5 Å². The van der Waals surface area contributed by atoms with Crippen molar-refractivity contribution >= 4 is 29.9 Å². The van der Waals surface area contributed by atoms with Gasteiger partial charge in [0, 0.05) is 26.7 Å². The molecule has 32 heavy (non-hydrogen) atoms. The molecular weight excluding hydrogens is 534 g/mol. The third kappa shape index (κ3) is 8.26. The minimum atomic E-state index is -4.13. The van der Waals surface area contributed by atoms with Gasteiger partial charge in [-0.25, -0.2) is 0 Å². The van der Waals surface area contributed by atoms with Crippen LogP contribution in [0.1, 0.15) is 30.9 Å². The number of likely N-dealkylation sites (tertiary alicyclic amines) is 2. The number of alkyl halides is 3. The van der Waals surface area contributed by atoms with Crippen LogP contribution in [0.15, 0.2) is 29.3 Å². The number of rotatable bonds is 8. The largest absolute Gasteiger partial charge is 0.497 e. The first-order chi connectivity index (χ1) is 14.9. The highest BCUT2D eigenvalue weighted by atomic mass is 127. The number of nitrogens with zero attached hydrogens (tertiary/aromatic N) is 3. The van der Waals surface area contributed by atoms with Gasteiger partial charge in [-0.1, -0.05) is 12.1 Å². The maximum atomic E-state index is 12.6. The summed E-state index contributed by atoms with van der Waals surface area (Å²) in [5.41, 5.74) is 1.23. The van der Waals surface area contributed by atoms with Crippen molar-refractivity contribution < 1.29 is 17.9 Å². The van der Waals surface area contributed by atoms with Gasteiger partial charge >= 0.3 is 6.18 Å². The number of hydrogen-bond acceptors (Lipinski definition) is 4. The zero-order chi connectivity index (χ0) is 22.3. The van der Waals surface area contributed by atoms with Crippen LogP contribution < -0.4 is 15.4 Å². The molecule has 6 nitrogen and oxygen atoms in total. The Balaban J connectivity index is 0.00000363. The summed E-state index contributed by atoms with van der Waals surface area (Å²) in [5.74, 6) is 1.72. The molecule has 3 rings (SSSR count). The summed E-state index contributed by atoms with van der Waals surface area (Å²) in [6.45, 7) is 3.60. The van der Waals surface area contributed by atoms with Gasteiger partial charge in [-0.2, -0.15) is 13.2 Å². The van der Waals surface area contributed by atoms with Crippen molar-refractivity contribution in [2.75, 3.05) is 60.0 Å². The molecule has 1 aromatic rings. The van der Waals surface area contributed by atoms with Gasteiger partial charge in [0.15, 0.2) is 5.96 Å². The Bertz CT molecular complexity index is 711. The number of ether oxygens (including phenoxy) is 1. The molecule has 1 aromatic carbocycles. The zero-order valence-electron chi connectivity index (χ0n) is 18.8. The maximum Gasteiger partial charge on any atom is 0.401 e. The average Bonchev–Trinajstić information content (AvgIpc) is 3.42. The molecule has 2 aliphatic rings. The van der Waals surface area contributed by atoms with Crippen molar-refractivity contribution in [3.63, 3.8) is 0 Å². The molecule has 2 saturated heterocycles. The lowest BCUT2D eigenvalue weighted by molar-refractivity contribution is -0.143. The van der Waals surface area contributed by atoms with Gasteiger partial charge < -0.3 is 15.4 Å². The maximum absolute atomic E-state index is 12.6. The van der Waals surface area contributed by atoms with Gasteiger partial charge in [-0.15, -0.1) is 24.0 Å². The highest BCUT2D eigenvalue weighted by molar-refractivity contribution is 14.0. The number of guanidine groups is 1. The van der Waals surface area contributed by atoms with E-state index in [4.69, 9.17) is 4.74 Å². The van der Waals surface area contributed by atoms with Gasteiger partial charge in [-0.05, 0) is 62.5 Å². The Hall–Kier alpha value is -1.27. The number of halogens is 4. The second-order valence-electron chi connectivity index (χ2n) is 8.37. The van der Waals surface area contributed by atoms with Crippen molar-refractivity contribution in [3.8, 4) is 5.75 Å². The molecule has 182 valence electrons. The van der Waals surface area contributed by atoms with Gasteiger partial charge in [0.05, 0.1) is 19.7 Å². The number of aliphatic imine (C=N–C) groups is 1. The number of benzene rings is 1. The average molecular weight is 569 g/mol. The third-order valence-corrected chi connectivity index (χ3v) is 6.10. The molecule has 2 fully saturated rings. The molecule has 2 atom stereocenters. The van der Waals surface area contributed by atoms with E-state index in [0.29, 0.717) is 32.1 Å². The summed E-state index contributed by atoms with van der Waals surface area (Å²) < 4.78 is 43.1. The normalized spacial score (nSPS) is 21.3. The Morgan fingerprint density at radius 3 is 2.44 bits per heavy atom. The van der Waals surface area contributed by atoms with Gasteiger partial charge in [0.2, 0.25) is 0 Å². The molecule has 0 radical (unpaired) electrons. The third-order valence-electron chi connectivity index (χ3n) is 6.10. The Kier molecular flexibility index (Phi) is 10.8. The van der Waals surface area contributed by atoms with Crippen molar-refractivity contribution in [1.82, 2.24) is 20.4 Å². The van der Waals surface area contributed by atoms with Crippen molar-refractivity contribution in [1.29, 1.82) is 0 Å². The van der Waals surface area contributed by atoms with E-state index < -0.39 is 12.7 Å². The Morgan fingerprint density at radius 1 is 1.16 bits per heavy atom. The highest BCUT2D eigenvalue weighted by Gasteiger charge is 2.34. The van der Waals surface area contributed by atoms with Crippen LogP contribution >= 0.6 is 24.0 Å². The van der Waals surface area contributed by atoms with E-state index >= 15 is 0 Å². The zero-order valence-corrected chi connectivity index (χ0v) is 21.2. The molecule has 0 aromatic heterocycles. The van der Waals surface area contributed by atoms with Gasteiger partial charge in [-0.3, -0.25) is 14.8 Å². The standard InChI is InChI=1S/C22H34F3N5O.HI/c1-26-21(27-13-17-9-12-29(15-17)16-22(23,24)25)28-14-20(30-10-3-4-11-30)18-5-7-19(31-2)8-6-18;/h5-8,17,20H,3-4,9-16H2,1-2H3,(H2,26,27,28);1H. The Labute approximate surface area is 206 Å². The van der Waals surface area contributed by atoms with E-state index in [1.807, 2.05) is 12.1 Å². The van der Waals surface area contributed by atoms with Crippen molar-refractivity contribution in [3.05, 3.63) is 29.8 Å². The molecule has 2 unspecified atom stereocenters. The fourth-order valence-corrected chi connectivity index (χ4v) is 4.47. The predicted octanol–water partition coefficient (Wildman–Crippen LogP) is 3.50. The molecule has 2 N–H and O–H groups in total. The SMILES string of the molecule is CN=C(NCC1CCN(CC(F)(F)F)C1)NCC(c1ccc(OC)cc1)N1CCCC1.I. The fourth-order valence-electron chi connectivity index (χ4n) is 4.47. The molecule has 0 spiro atoms. The minimum Gasteiger partial charge on any atom is -0.497 e. The summed E-state index contributed by atoms with van der Waals surface area (Å²) in [7, 11) is 3.38. The smallest absolute Gasteiger partial charge is 0.401 e. The van der Waals surface area contributed by atoms with E-state index in [-0.39, 0.29) is 35.9 Å². The quantitative estimate of drug-likeness (QED) is 0.285. The van der Waals surface area contributed by atoms with Crippen LogP contribution in [-0.4, -0.2) is 81.9 Å². The van der Waals surface area contributed by atoms with Crippen molar-refractivity contribution in [2.24, 2.45) is 10.9 Å². The van der Waals surface area contributed by atoms with E-state index in [9.17, 15) is 13.2 Å². The first-order valence-electron chi connectivity index (χ1n) is 11.0. The molecule has 0 aliphatic carbocycles. The summed E-state index contributed by atoms with van der Waals surface area (Å²) in [5, 5.41) is 6.72. The van der Waals surface area contributed by atoms with E-state index in [0.717, 1.165) is 25.3 Å². The molecular formula is C22H35F3IN5O. The van der Waals surface area contributed by atoms with E-state index in [1.54, 1.807) is 14.2 Å².